The lowest BCUT2D eigenvalue weighted by Crippen LogP contribution is -2.52. The SMILES string of the molecule is COc1cc(C(=O)O)ccc1NC(=O)[C@@H]1N[C@H](CC(C)(C)C)C2C3=CC(Cl)=CC2[C@@H](C(=O)N3)[C@H]1c1cccc(Cl)c1F. The topological polar surface area (TPSA) is 117 Å². The summed E-state index contributed by atoms with van der Waals surface area (Å²) >= 11 is 12.7. The summed E-state index contributed by atoms with van der Waals surface area (Å²) in [6, 6.07) is 7.24. The van der Waals surface area contributed by atoms with Gasteiger partial charge in [0.2, 0.25) is 11.8 Å². The molecule has 3 aliphatic rings. The highest BCUT2D eigenvalue weighted by atomic mass is 35.5. The number of carbonyl (C=O) groups excluding carboxylic acids is 2. The molecule has 2 amide bonds. The van der Waals surface area contributed by atoms with Gasteiger partial charge in [0, 0.05) is 34.5 Å². The number of carbonyl (C=O) groups is 3. The fraction of sp³-hybridized carbons (Fsp3) is 0.387. The van der Waals surface area contributed by atoms with Crippen LogP contribution < -0.4 is 20.7 Å². The maximum absolute atomic E-state index is 15.8. The zero-order chi connectivity index (χ0) is 30.5. The molecule has 4 N–H and O–H groups in total. The van der Waals surface area contributed by atoms with Crippen molar-refractivity contribution in [1.29, 1.82) is 0 Å². The Morgan fingerprint density at radius 2 is 1.86 bits per heavy atom. The number of allylic oxidation sites excluding steroid dienone is 3. The van der Waals surface area contributed by atoms with Crippen molar-refractivity contribution in [3.8, 4) is 5.75 Å². The molecular weight excluding hydrogens is 584 g/mol. The average molecular weight is 617 g/mol. The van der Waals surface area contributed by atoms with Gasteiger partial charge in [-0.2, -0.15) is 0 Å². The van der Waals surface area contributed by atoms with Gasteiger partial charge in [0.05, 0.1) is 35.3 Å². The molecule has 2 aromatic rings. The lowest BCUT2D eigenvalue weighted by atomic mass is 9.64. The van der Waals surface area contributed by atoms with Crippen molar-refractivity contribution in [2.45, 2.75) is 45.2 Å². The minimum atomic E-state index is -1.15. The predicted octanol–water partition coefficient (Wildman–Crippen LogP) is 5.68. The molecule has 6 atom stereocenters. The number of ether oxygens (including phenoxy) is 1. The van der Waals surface area contributed by atoms with Crippen molar-refractivity contribution in [1.82, 2.24) is 10.6 Å². The van der Waals surface area contributed by atoms with Crippen molar-refractivity contribution >= 4 is 46.7 Å². The highest BCUT2D eigenvalue weighted by Crippen LogP contribution is 2.51. The molecule has 0 aromatic heterocycles. The number of hydrogen-bond donors (Lipinski definition) is 4. The molecule has 5 rings (SSSR count). The van der Waals surface area contributed by atoms with E-state index < -0.39 is 41.5 Å². The van der Waals surface area contributed by atoms with Gasteiger partial charge in [-0.1, -0.05) is 62.2 Å². The Morgan fingerprint density at radius 1 is 1.12 bits per heavy atom. The number of carboxylic acids is 1. The number of nitrogens with one attached hydrogen (secondary N) is 3. The van der Waals surface area contributed by atoms with Crippen LogP contribution in [0.3, 0.4) is 0 Å². The molecular formula is C31H32Cl2FN3O5. The second-order valence-electron chi connectivity index (χ2n) is 12.2. The smallest absolute Gasteiger partial charge is 0.335 e. The van der Waals surface area contributed by atoms with E-state index in [9.17, 15) is 19.5 Å². The normalized spacial score (nSPS) is 26.8. The number of amides is 2. The van der Waals surface area contributed by atoms with Crippen LogP contribution in [-0.2, 0) is 9.59 Å². The molecule has 2 unspecified atom stereocenters. The van der Waals surface area contributed by atoms with Gasteiger partial charge in [-0.3, -0.25) is 9.59 Å². The molecule has 2 aromatic carbocycles. The summed E-state index contributed by atoms with van der Waals surface area (Å²) in [5, 5.41) is 19.1. The summed E-state index contributed by atoms with van der Waals surface area (Å²) in [6.45, 7) is 6.26. The van der Waals surface area contributed by atoms with Crippen molar-refractivity contribution in [3.05, 3.63) is 81.2 Å². The molecule has 0 radical (unpaired) electrons. The number of benzene rings is 2. The van der Waals surface area contributed by atoms with Crippen LogP contribution in [0.1, 0.15) is 49.0 Å². The van der Waals surface area contributed by atoms with Crippen LogP contribution in [0.25, 0.3) is 0 Å². The summed E-state index contributed by atoms with van der Waals surface area (Å²) in [6.07, 6.45) is 4.20. The minimum absolute atomic E-state index is 0.0174. The monoisotopic (exact) mass is 615 g/mol. The summed E-state index contributed by atoms with van der Waals surface area (Å²) in [5.41, 5.74) is 0.827. The van der Waals surface area contributed by atoms with E-state index in [1.807, 2.05) is 6.08 Å². The molecule has 42 heavy (non-hydrogen) atoms. The van der Waals surface area contributed by atoms with Crippen LogP contribution >= 0.6 is 23.2 Å². The highest BCUT2D eigenvalue weighted by Gasteiger charge is 2.56. The van der Waals surface area contributed by atoms with Gasteiger partial charge < -0.3 is 25.8 Å². The maximum Gasteiger partial charge on any atom is 0.335 e. The fourth-order valence-electron chi connectivity index (χ4n) is 6.54. The molecule has 11 heteroatoms. The van der Waals surface area contributed by atoms with Gasteiger partial charge in [0.25, 0.3) is 0 Å². The van der Waals surface area contributed by atoms with E-state index in [0.717, 1.165) is 0 Å². The first-order valence-corrected chi connectivity index (χ1v) is 14.4. The fourth-order valence-corrected chi connectivity index (χ4v) is 6.99. The second-order valence-corrected chi connectivity index (χ2v) is 13.0. The summed E-state index contributed by atoms with van der Waals surface area (Å²) in [4.78, 5) is 39.5. The standard InChI is InChI=1S/C31H32Cl2FN3O5/c1-31(2,3)13-21-23-17-11-15(32)12-20(23)37-28(38)25(17)24(16-6-5-7-18(33)26(16)34)27(35-21)29(39)36-19-9-8-14(30(40)41)10-22(19)42-4/h5-12,17,21,23-25,27,35H,13H2,1-4H3,(H,36,39)(H,37,38)(H,40,41)/t17?,21-,23?,24-,25-,27-/m1/s1. The van der Waals surface area contributed by atoms with E-state index >= 15 is 4.39 Å². The highest BCUT2D eigenvalue weighted by molar-refractivity contribution is 6.31. The summed E-state index contributed by atoms with van der Waals surface area (Å²) in [7, 11) is 1.36. The molecule has 0 spiro atoms. The van der Waals surface area contributed by atoms with E-state index in [0.29, 0.717) is 17.2 Å². The molecule has 2 heterocycles. The van der Waals surface area contributed by atoms with E-state index in [2.05, 4.69) is 36.7 Å². The Labute approximate surface area is 253 Å². The maximum atomic E-state index is 15.8. The van der Waals surface area contributed by atoms with Crippen LogP contribution in [-0.4, -0.2) is 42.1 Å². The van der Waals surface area contributed by atoms with Crippen molar-refractivity contribution in [2.75, 3.05) is 12.4 Å². The molecule has 0 saturated carbocycles. The van der Waals surface area contributed by atoms with Gasteiger partial charge in [-0.15, -0.1) is 0 Å². The van der Waals surface area contributed by atoms with E-state index in [4.69, 9.17) is 27.9 Å². The number of rotatable bonds is 6. The minimum Gasteiger partial charge on any atom is -0.495 e. The van der Waals surface area contributed by atoms with Gasteiger partial charge in [0.1, 0.15) is 11.6 Å². The summed E-state index contributed by atoms with van der Waals surface area (Å²) < 4.78 is 21.2. The van der Waals surface area contributed by atoms with E-state index in [-0.39, 0.29) is 50.9 Å². The van der Waals surface area contributed by atoms with Crippen molar-refractivity contribution < 1.29 is 28.6 Å². The Bertz CT molecular complexity index is 1520. The van der Waals surface area contributed by atoms with Crippen LogP contribution in [0.5, 0.6) is 5.75 Å². The third kappa shape index (κ3) is 5.65. The van der Waals surface area contributed by atoms with Gasteiger partial charge in [0.15, 0.2) is 0 Å². The predicted molar refractivity (Wildman–Crippen MR) is 158 cm³/mol. The number of halogens is 3. The van der Waals surface area contributed by atoms with Crippen LogP contribution in [0, 0.1) is 29.0 Å². The number of methoxy groups -OCH3 is 1. The van der Waals surface area contributed by atoms with Gasteiger partial charge in [-0.05, 0) is 47.7 Å². The lowest BCUT2D eigenvalue weighted by Gasteiger charge is -2.44. The first kappa shape index (κ1) is 30.1. The molecule has 2 saturated heterocycles. The third-order valence-electron chi connectivity index (χ3n) is 8.14. The quantitative estimate of drug-likeness (QED) is 0.332. The van der Waals surface area contributed by atoms with Crippen LogP contribution in [0.2, 0.25) is 5.02 Å². The lowest BCUT2D eigenvalue weighted by molar-refractivity contribution is -0.129. The molecule has 2 aliphatic heterocycles. The van der Waals surface area contributed by atoms with Crippen LogP contribution in [0.4, 0.5) is 10.1 Å². The Balaban J connectivity index is 1.67. The first-order valence-electron chi connectivity index (χ1n) is 13.6. The number of anilines is 1. The number of hydrogen-bond acceptors (Lipinski definition) is 5. The third-order valence-corrected chi connectivity index (χ3v) is 8.67. The van der Waals surface area contributed by atoms with E-state index in [1.54, 1.807) is 18.2 Å². The molecule has 2 fully saturated rings. The number of aromatic carboxylic acids is 1. The van der Waals surface area contributed by atoms with Crippen molar-refractivity contribution in [2.24, 2.45) is 23.2 Å². The Morgan fingerprint density at radius 3 is 2.52 bits per heavy atom. The first-order chi connectivity index (χ1) is 19.8. The Kier molecular flexibility index (Phi) is 8.13. The second kappa shape index (κ2) is 11.4. The molecule has 8 nitrogen and oxygen atoms in total. The largest absolute Gasteiger partial charge is 0.495 e. The average Bonchev–Trinajstić information content (AvgIpc) is 3.00. The molecule has 1 aliphatic carbocycles. The van der Waals surface area contributed by atoms with Gasteiger partial charge in [-0.25, -0.2) is 9.18 Å². The van der Waals surface area contributed by atoms with Crippen molar-refractivity contribution in [3.63, 3.8) is 0 Å². The summed E-state index contributed by atoms with van der Waals surface area (Å²) in [5.74, 6) is -5.10. The molecule has 222 valence electrons. The molecule has 4 bridgehead atoms. The Hall–Kier alpha value is -3.40. The van der Waals surface area contributed by atoms with Gasteiger partial charge >= 0.3 is 5.97 Å². The van der Waals surface area contributed by atoms with E-state index in [1.165, 1.54) is 31.4 Å². The van der Waals surface area contributed by atoms with Crippen LogP contribution in [0.15, 0.2) is 59.3 Å². The number of carboxylic acid groups (broad SMARTS) is 1. The number of piperidine rings is 1. The zero-order valence-electron chi connectivity index (χ0n) is 23.5. The zero-order valence-corrected chi connectivity index (χ0v) is 25.0.